The zero-order chi connectivity index (χ0) is 13.9. The van der Waals surface area contributed by atoms with Gasteiger partial charge in [-0.3, -0.25) is 9.59 Å². The topological polar surface area (TPSA) is 61.4 Å². The first-order chi connectivity index (χ1) is 9.75. The Balaban J connectivity index is 1.87. The second kappa shape index (κ2) is 5.63. The third-order valence-electron chi connectivity index (χ3n) is 4.03. The lowest BCUT2D eigenvalue weighted by Gasteiger charge is -2.36. The van der Waals surface area contributed by atoms with Crippen LogP contribution in [-0.2, 0) is 9.59 Å². The minimum atomic E-state index is -0.146. The Kier molecular flexibility index (Phi) is 3.69. The van der Waals surface area contributed by atoms with Gasteiger partial charge in [0.05, 0.1) is 18.4 Å². The molecule has 0 spiro atoms. The van der Waals surface area contributed by atoms with Crippen molar-refractivity contribution in [3.63, 3.8) is 0 Å². The monoisotopic (exact) mass is 273 g/mol. The number of carbonyl (C=O) groups is 2. The number of hydrogen-bond acceptors (Lipinski definition) is 3. The van der Waals surface area contributed by atoms with Crippen LogP contribution in [0.15, 0.2) is 30.3 Å². The zero-order valence-electron chi connectivity index (χ0n) is 11.3. The molecule has 20 heavy (non-hydrogen) atoms. The van der Waals surface area contributed by atoms with Gasteiger partial charge < -0.3 is 15.5 Å². The van der Waals surface area contributed by atoms with Gasteiger partial charge in [0.2, 0.25) is 11.8 Å². The van der Waals surface area contributed by atoms with Crippen molar-refractivity contribution in [3.8, 4) is 0 Å². The van der Waals surface area contributed by atoms with E-state index in [0.717, 1.165) is 18.7 Å². The van der Waals surface area contributed by atoms with Gasteiger partial charge in [-0.05, 0) is 5.56 Å². The number of carbonyl (C=O) groups excluding carboxylic acids is 2. The van der Waals surface area contributed by atoms with Crippen molar-refractivity contribution < 1.29 is 9.59 Å². The van der Waals surface area contributed by atoms with Crippen LogP contribution in [0.25, 0.3) is 0 Å². The summed E-state index contributed by atoms with van der Waals surface area (Å²) in [7, 11) is 0. The molecule has 2 aliphatic heterocycles. The Morgan fingerprint density at radius 1 is 1.20 bits per heavy atom. The third-order valence-corrected chi connectivity index (χ3v) is 4.03. The van der Waals surface area contributed by atoms with Crippen molar-refractivity contribution in [2.45, 2.75) is 12.5 Å². The fourth-order valence-corrected chi connectivity index (χ4v) is 2.76. The molecule has 0 saturated carbocycles. The minimum Gasteiger partial charge on any atom is -0.354 e. The summed E-state index contributed by atoms with van der Waals surface area (Å²) in [6.07, 6.45) is 0.343. The lowest BCUT2D eigenvalue weighted by molar-refractivity contribution is -0.139. The van der Waals surface area contributed by atoms with Crippen LogP contribution in [-0.4, -0.2) is 42.9 Å². The molecule has 1 atom stereocenters. The first-order valence-electron chi connectivity index (χ1n) is 7.08. The Morgan fingerprint density at radius 3 is 2.60 bits per heavy atom. The summed E-state index contributed by atoms with van der Waals surface area (Å²) < 4.78 is 0. The summed E-state index contributed by atoms with van der Waals surface area (Å²) in [6.45, 7) is 2.62. The second-order valence-corrected chi connectivity index (χ2v) is 5.37. The van der Waals surface area contributed by atoms with E-state index in [2.05, 4.69) is 10.6 Å². The van der Waals surface area contributed by atoms with Crippen LogP contribution in [0.5, 0.6) is 0 Å². The van der Waals surface area contributed by atoms with E-state index in [1.54, 1.807) is 0 Å². The number of nitrogens with one attached hydrogen (secondary N) is 2. The van der Waals surface area contributed by atoms with Gasteiger partial charge in [-0.15, -0.1) is 0 Å². The Labute approximate surface area is 118 Å². The van der Waals surface area contributed by atoms with Gasteiger partial charge in [0.15, 0.2) is 0 Å². The maximum Gasteiger partial charge on any atom is 0.228 e. The highest BCUT2D eigenvalue weighted by Gasteiger charge is 2.35. The fraction of sp³-hybridized carbons (Fsp3) is 0.467. The van der Waals surface area contributed by atoms with Crippen molar-refractivity contribution in [3.05, 3.63) is 35.9 Å². The lowest BCUT2D eigenvalue weighted by Crippen LogP contribution is -2.53. The SMILES string of the molecule is O=C1CC(c2ccccc2)N(C(=O)C2CNC2)CCN1. The quantitative estimate of drug-likeness (QED) is 0.814. The number of benzene rings is 1. The Hall–Kier alpha value is -1.88. The van der Waals surface area contributed by atoms with Crippen LogP contribution in [0.1, 0.15) is 18.0 Å². The minimum absolute atomic E-state index is 0.0147. The van der Waals surface area contributed by atoms with Gasteiger partial charge in [-0.1, -0.05) is 30.3 Å². The molecule has 2 fully saturated rings. The largest absolute Gasteiger partial charge is 0.354 e. The Bertz CT molecular complexity index is 499. The molecule has 2 heterocycles. The van der Waals surface area contributed by atoms with Gasteiger partial charge in [0, 0.05) is 26.2 Å². The maximum absolute atomic E-state index is 12.6. The third kappa shape index (κ3) is 2.54. The lowest BCUT2D eigenvalue weighted by atomic mass is 9.97. The van der Waals surface area contributed by atoms with Crippen LogP contribution < -0.4 is 10.6 Å². The standard InChI is InChI=1S/C15H19N3O2/c19-14-8-13(11-4-2-1-3-5-11)18(7-6-17-14)15(20)12-9-16-10-12/h1-5,12-13,16H,6-10H2,(H,17,19). The van der Waals surface area contributed by atoms with Crippen molar-refractivity contribution in [2.24, 2.45) is 5.92 Å². The van der Waals surface area contributed by atoms with Gasteiger partial charge in [-0.2, -0.15) is 0 Å². The number of rotatable bonds is 2. The Morgan fingerprint density at radius 2 is 1.95 bits per heavy atom. The van der Waals surface area contributed by atoms with E-state index < -0.39 is 0 Å². The van der Waals surface area contributed by atoms with E-state index in [1.165, 1.54) is 0 Å². The molecule has 0 radical (unpaired) electrons. The van der Waals surface area contributed by atoms with E-state index in [1.807, 2.05) is 35.2 Å². The molecule has 1 unspecified atom stereocenters. The fourth-order valence-electron chi connectivity index (χ4n) is 2.76. The predicted molar refractivity (Wildman–Crippen MR) is 74.9 cm³/mol. The first kappa shape index (κ1) is 13.1. The van der Waals surface area contributed by atoms with E-state index >= 15 is 0 Å². The zero-order valence-corrected chi connectivity index (χ0v) is 11.3. The van der Waals surface area contributed by atoms with Gasteiger partial charge in [0.25, 0.3) is 0 Å². The van der Waals surface area contributed by atoms with E-state index in [0.29, 0.717) is 19.5 Å². The molecule has 2 aliphatic rings. The molecule has 1 aromatic rings. The molecule has 0 aromatic heterocycles. The molecule has 106 valence electrons. The first-order valence-corrected chi connectivity index (χ1v) is 7.08. The van der Waals surface area contributed by atoms with Crippen molar-refractivity contribution in [1.29, 1.82) is 0 Å². The molecule has 5 heteroatoms. The predicted octanol–water partition coefficient (Wildman–Crippen LogP) is 0.296. The number of hydrogen-bond donors (Lipinski definition) is 2. The van der Waals surface area contributed by atoms with Crippen LogP contribution in [0.3, 0.4) is 0 Å². The molecule has 0 bridgehead atoms. The van der Waals surface area contributed by atoms with Gasteiger partial charge in [-0.25, -0.2) is 0 Å². The molecule has 2 amide bonds. The molecular formula is C15H19N3O2. The van der Waals surface area contributed by atoms with E-state index in [9.17, 15) is 9.59 Å². The van der Waals surface area contributed by atoms with Crippen LogP contribution in [0.2, 0.25) is 0 Å². The van der Waals surface area contributed by atoms with E-state index in [4.69, 9.17) is 0 Å². The van der Waals surface area contributed by atoms with Crippen molar-refractivity contribution in [1.82, 2.24) is 15.5 Å². The molecule has 5 nitrogen and oxygen atoms in total. The summed E-state index contributed by atoms with van der Waals surface area (Å²) in [5.74, 6) is 0.240. The van der Waals surface area contributed by atoms with Crippen molar-refractivity contribution in [2.75, 3.05) is 26.2 Å². The van der Waals surface area contributed by atoms with Crippen molar-refractivity contribution >= 4 is 11.8 Å². The maximum atomic E-state index is 12.6. The smallest absolute Gasteiger partial charge is 0.228 e. The van der Waals surface area contributed by atoms with Gasteiger partial charge >= 0.3 is 0 Å². The van der Waals surface area contributed by atoms with Crippen LogP contribution in [0, 0.1) is 5.92 Å². The molecular weight excluding hydrogens is 254 g/mol. The number of nitrogens with zero attached hydrogens (tertiary/aromatic N) is 1. The average molecular weight is 273 g/mol. The highest BCUT2D eigenvalue weighted by Crippen LogP contribution is 2.27. The summed E-state index contributed by atoms with van der Waals surface area (Å²) >= 11 is 0. The summed E-state index contributed by atoms with van der Waals surface area (Å²) in [5, 5.41) is 5.99. The molecule has 3 rings (SSSR count). The van der Waals surface area contributed by atoms with Crippen LogP contribution >= 0.6 is 0 Å². The molecule has 2 N–H and O–H groups in total. The molecule has 2 saturated heterocycles. The highest BCUT2D eigenvalue weighted by atomic mass is 16.2. The normalized spacial score (nSPS) is 23.7. The summed E-state index contributed by atoms with van der Waals surface area (Å²) in [6, 6.07) is 9.68. The highest BCUT2D eigenvalue weighted by molar-refractivity contribution is 5.83. The molecule has 0 aliphatic carbocycles. The summed E-state index contributed by atoms with van der Waals surface area (Å²) in [5.41, 5.74) is 1.03. The van der Waals surface area contributed by atoms with E-state index in [-0.39, 0.29) is 23.8 Å². The van der Waals surface area contributed by atoms with Crippen LogP contribution in [0.4, 0.5) is 0 Å². The average Bonchev–Trinajstić information content (AvgIpc) is 2.59. The second-order valence-electron chi connectivity index (χ2n) is 5.37. The van der Waals surface area contributed by atoms with Gasteiger partial charge in [0.1, 0.15) is 0 Å². The number of amides is 2. The molecule has 1 aromatic carbocycles. The summed E-state index contributed by atoms with van der Waals surface area (Å²) in [4.78, 5) is 26.3.